The number of benzene rings is 2. The Morgan fingerprint density at radius 2 is 1.12 bits per heavy atom. The zero-order chi connectivity index (χ0) is 23.9. The number of para-hydroxylation sites is 4. The molecule has 2 aromatic carbocycles. The lowest BCUT2D eigenvalue weighted by Crippen LogP contribution is -2.39. The van der Waals surface area contributed by atoms with Crippen molar-refractivity contribution in [1.29, 1.82) is 0 Å². The van der Waals surface area contributed by atoms with Gasteiger partial charge in [-0.15, -0.1) is 0 Å². The molecule has 8 heteroatoms. The van der Waals surface area contributed by atoms with Crippen molar-refractivity contribution in [2.75, 3.05) is 22.1 Å². The molecule has 2 aromatic rings. The molecule has 0 spiro atoms. The average Bonchev–Trinajstić information content (AvgIpc) is 3.49. The van der Waals surface area contributed by atoms with Gasteiger partial charge in [0.25, 0.3) is 11.7 Å². The fraction of sp³-hybridized carbons (Fsp3) is 0.308. The largest absolute Gasteiger partial charge is 0.397 e. The Morgan fingerprint density at radius 3 is 1.53 bits per heavy atom. The molecule has 8 nitrogen and oxygen atoms in total. The summed E-state index contributed by atoms with van der Waals surface area (Å²) in [6.45, 7) is 4.23. The fourth-order valence-corrected chi connectivity index (χ4v) is 4.19. The zero-order valence-corrected chi connectivity index (χ0v) is 19.9. The van der Waals surface area contributed by atoms with E-state index >= 15 is 0 Å². The smallest absolute Gasteiger partial charge is 0.300 e. The SMILES string of the molecule is CC(Nc1ccccc1N)N1C=C[N+]=C1CCCCC1=[N+]C=CN1C(C)Nc1ccccc1N. The molecule has 2 unspecified atom stereocenters. The number of amidine groups is 2. The van der Waals surface area contributed by atoms with Crippen LogP contribution in [0.25, 0.3) is 0 Å². The van der Waals surface area contributed by atoms with Gasteiger partial charge in [0.1, 0.15) is 12.4 Å². The third-order valence-corrected chi connectivity index (χ3v) is 6.03. The van der Waals surface area contributed by atoms with Crippen molar-refractivity contribution in [2.24, 2.45) is 0 Å². The number of hydrogen-bond acceptors (Lipinski definition) is 8. The summed E-state index contributed by atoms with van der Waals surface area (Å²) in [5.41, 5.74) is 15.5. The number of hydrogen-bond donors (Lipinski definition) is 4. The molecule has 2 heterocycles. The van der Waals surface area contributed by atoms with Crippen LogP contribution in [0, 0.1) is 0 Å². The Hall–Kier alpha value is -3.94. The van der Waals surface area contributed by atoms with Gasteiger partial charge in [0, 0.05) is 0 Å². The maximum atomic E-state index is 6.08. The zero-order valence-electron chi connectivity index (χ0n) is 19.9. The van der Waals surface area contributed by atoms with E-state index in [0.717, 1.165) is 60.1 Å². The summed E-state index contributed by atoms with van der Waals surface area (Å²) in [4.78, 5) is 13.5. The van der Waals surface area contributed by atoms with Crippen LogP contribution in [0.1, 0.15) is 39.5 Å². The summed E-state index contributed by atoms with van der Waals surface area (Å²) >= 11 is 0. The van der Waals surface area contributed by atoms with Crippen LogP contribution in [0.15, 0.2) is 73.3 Å². The lowest BCUT2D eigenvalue weighted by Gasteiger charge is -2.21. The first-order valence-corrected chi connectivity index (χ1v) is 11.8. The minimum absolute atomic E-state index is 0.0541. The lowest BCUT2D eigenvalue weighted by molar-refractivity contribution is 0.459. The molecular weight excluding hydrogens is 424 g/mol. The van der Waals surface area contributed by atoms with Crippen LogP contribution in [-0.4, -0.2) is 33.8 Å². The van der Waals surface area contributed by atoms with E-state index in [1.807, 2.05) is 73.3 Å². The molecule has 0 saturated carbocycles. The maximum Gasteiger partial charge on any atom is 0.300 e. The number of nitrogens with one attached hydrogen (secondary N) is 2. The monoisotopic (exact) mass is 458 g/mol. The van der Waals surface area contributed by atoms with Crippen LogP contribution >= 0.6 is 0 Å². The van der Waals surface area contributed by atoms with Gasteiger partial charge in [0.05, 0.1) is 35.6 Å². The number of anilines is 4. The molecule has 0 saturated heterocycles. The Bertz CT molecular complexity index is 1020. The van der Waals surface area contributed by atoms with Crippen molar-refractivity contribution in [1.82, 2.24) is 19.8 Å². The second-order valence-corrected chi connectivity index (χ2v) is 8.52. The van der Waals surface area contributed by atoms with Gasteiger partial charge >= 0.3 is 0 Å². The summed E-state index contributed by atoms with van der Waals surface area (Å²) in [6.07, 6.45) is 11.7. The second kappa shape index (κ2) is 10.8. The number of nitrogens with two attached hydrogens (primary N) is 2. The van der Waals surface area contributed by atoms with Crippen molar-refractivity contribution in [3.63, 3.8) is 0 Å². The Balaban J connectivity index is 1.23. The van der Waals surface area contributed by atoms with Crippen molar-refractivity contribution in [3.05, 3.63) is 73.3 Å². The van der Waals surface area contributed by atoms with E-state index in [-0.39, 0.29) is 12.3 Å². The third-order valence-electron chi connectivity index (χ3n) is 6.03. The van der Waals surface area contributed by atoms with Crippen molar-refractivity contribution < 1.29 is 0 Å². The molecule has 4 rings (SSSR count). The van der Waals surface area contributed by atoms with Gasteiger partial charge in [0.15, 0.2) is 24.7 Å². The lowest BCUT2D eigenvalue weighted by atomic mass is 10.1. The third kappa shape index (κ3) is 5.51. The second-order valence-electron chi connectivity index (χ2n) is 8.52. The number of rotatable bonds is 11. The van der Waals surface area contributed by atoms with E-state index in [2.05, 4.69) is 44.3 Å². The molecule has 2 aliphatic rings. The maximum absolute atomic E-state index is 6.08. The first-order valence-electron chi connectivity index (χ1n) is 11.8. The fourth-order valence-electron chi connectivity index (χ4n) is 4.19. The van der Waals surface area contributed by atoms with Gasteiger partial charge in [-0.25, -0.2) is 9.80 Å². The van der Waals surface area contributed by atoms with Crippen molar-refractivity contribution in [2.45, 2.75) is 51.9 Å². The van der Waals surface area contributed by atoms with E-state index < -0.39 is 0 Å². The Morgan fingerprint density at radius 1 is 0.706 bits per heavy atom. The highest BCUT2D eigenvalue weighted by Crippen LogP contribution is 2.22. The number of nitrogen functional groups attached to an aromatic ring is 2. The van der Waals surface area contributed by atoms with Gasteiger partial charge in [-0.3, -0.25) is 0 Å². The molecule has 2 radical (unpaired) electrons. The molecule has 0 amide bonds. The Kier molecular flexibility index (Phi) is 7.37. The molecule has 176 valence electrons. The summed E-state index contributed by atoms with van der Waals surface area (Å²) in [5, 5.41) is 6.96. The summed E-state index contributed by atoms with van der Waals surface area (Å²) in [6, 6.07) is 15.6. The van der Waals surface area contributed by atoms with Crippen LogP contribution in [0.4, 0.5) is 22.7 Å². The van der Waals surface area contributed by atoms with Crippen LogP contribution in [-0.2, 0) is 0 Å². The molecule has 2 atom stereocenters. The van der Waals surface area contributed by atoms with Gasteiger partial charge in [-0.2, -0.15) is 0 Å². The van der Waals surface area contributed by atoms with E-state index in [4.69, 9.17) is 11.5 Å². The number of nitrogens with zero attached hydrogens (tertiary/aromatic N) is 4. The summed E-state index contributed by atoms with van der Waals surface area (Å²) in [5.74, 6) is 2.12. The normalized spacial score (nSPS) is 16.4. The van der Waals surface area contributed by atoms with Gasteiger partial charge < -0.3 is 22.1 Å². The minimum Gasteiger partial charge on any atom is -0.397 e. The highest BCUT2D eigenvalue weighted by atomic mass is 15.3. The highest BCUT2D eigenvalue weighted by molar-refractivity contribution is 5.86. The van der Waals surface area contributed by atoms with Crippen LogP contribution in [0.3, 0.4) is 0 Å². The first kappa shape index (κ1) is 23.2. The number of aliphatic imine (C=N–C) groups is 2. The van der Waals surface area contributed by atoms with Gasteiger partial charge in [0.2, 0.25) is 0 Å². The van der Waals surface area contributed by atoms with Crippen LogP contribution in [0.5, 0.6) is 0 Å². The molecule has 6 N–H and O–H groups in total. The molecule has 0 aromatic heterocycles. The summed E-state index contributed by atoms with van der Waals surface area (Å²) < 4.78 is 0. The molecule has 0 bridgehead atoms. The van der Waals surface area contributed by atoms with E-state index in [1.165, 1.54) is 0 Å². The molecule has 0 fully saturated rings. The highest BCUT2D eigenvalue weighted by Gasteiger charge is 2.31. The number of unbranched alkanes of at least 4 members (excludes halogenated alkanes) is 1. The molecule has 2 aliphatic heterocycles. The quantitative estimate of drug-likeness (QED) is 0.302. The molecule has 34 heavy (non-hydrogen) atoms. The average molecular weight is 459 g/mol. The van der Waals surface area contributed by atoms with E-state index in [1.54, 1.807) is 0 Å². The predicted molar refractivity (Wildman–Crippen MR) is 143 cm³/mol. The van der Waals surface area contributed by atoms with E-state index in [9.17, 15) is 0 Å². The first-order chi connectivity index (χ1) is 16.5. The predicted octanol–water partition coefficient (Wildman–Crippen LogP) is 3.67. The standard InChI is InChI=1S/C26H34N8/c1-19(31-23-11-5-3-9-21(23)27)33-17-15-29-25(33)13-7-8-14-26-30-16-18-34(26)20(2)32-24-12-6-4-10-22(24)28/h3-6,9-12,15-20,31-32H,7-8,13-14,27-28H2,1-2H3/q+2. The van der Waals surface area contributed by atoms with Crippen LogP contribution in [0.2, 0.25) is 0 Å². The topological polar surface area (TPSA) is 111 Å². The minimum atomic E-state index is 0.0541. The summed E-state index contributed by atoms with van der Waals surface area (Å²) in [7, 11) is 0. The Labute approximate surface area is 201 Å². The van der Waals surface area contributed by atoms with Gasteiger partial charge in [-0.1, -0.05) is 34.3 Å². The molecular formula is C26H34N8+2. The van der Waals surface area contributed by atoms with Crippen molar-refractivity contribution >= 4 is 34.4 Å². The van der Waals surface area contributed by atoms with Crippen LogP contribution < -0.4 is 32.1 Å². The molecule has 0 aliphatic carbocycles. The van der Waals surface area contributed by atoms with Gasteiger partial charge in [-0.05, 0) is 51.0 Å². The van der Waals surface area contributed by atoms with E-state index in [0.29, 0.717) is 0 Å². The van der Waals surface area contributed by atoms with Crippen molar-refractivity contribution in [3.8, 4) is 0 Å².